The second-order valence-electron chi connectivity index (χ2n) is 3.87. The monoisotopic (exact) mass is 215 g/mol. The Kier molecular flexibility index (Phi) is 2.86. The first-order chi connectivity index (χ1) is 7.70. The van der Waals surface area contributed by atoms with Gasteiger partial charge in [-0.05, 0) is 12.8 Å². The van der Waals surface area contributed by atoms with Gasteiger partial charge in [-0.1, -0.05) is 30.3 Å². The number of carbonyl (C=O) groups is 2. The van der Waals surface area contributed by atoms with Crippen molar-refractivity contribution < 1.29 is 9.59 Å². The Labute approximate surface area is 94.0 Å². The van der Waals surface area contributed by atoms with Crippen molar-refractivity contribution in [3.8, 4) is 0 Å². The average molecular weight is 215 g/mol. The number of carbonyl (C=O) groups excluding carboxylic acids is 2. The van der Waals surface area contributed by atoms with Crippen molar-refractivity contribution in [2.75, 3.05) is 0 Å². The van der Waals surface area contributed by atoms with Crippen LogP contribution < -0.4 is 5.73 Å². The minimum absolute atomic E-state index is 0.127. The number of nitrogens with two attached hydrogens (primary N) is 1. The fraction of sp³-hybridized carbons (Fsp3) is 0.231. The van der Waals surface area contributed by atoms with Gasteiger partial charge in [-0.15, -0.1) is 0 Å². The van der Waals surface area contributed by atoms with Crippen LogP contribution in [-0.2, 0) is 4.79 Å². The van der Waals surface area contributed by atoms with E-state index in [0.717, 1.165) is 6.42 Å². The van der Waals surface area contributed by atoms with Crippen LogP contribution in [-0.4, -0.2) is 11.6 Å². The van der Waals surface area contributed by atoms with Crippen molar-refractivity contribution in [3.63, 3.8) is 0 Å². The summed E-state index contributed by atoms with van der Waals surface area (Å²) in [6, 6.07) is 8.78. The molecule has 1 aromatic rings. The van der Waals surface area contributed by atoms with Crippen LogP contribution in [0.1, 0.15) is 29.6 Å². The second-order valence-corrected chi connectivity index (χ2v) is 3.87. The van der Waals surface area contributed by atoms with E-state index in [1.165, 1.54) is 0 Å². The molecule has 1 aliphatic rings. The van der Waals surface area contributed by atoms with Gasteiger partial charge in [-0.2, -0.15) is 0 Å². The first-order valence-corrected chi connectivity index (χ1v) is 5.31. The number of hydrogen-bond donors (Lipinski definition) is 1. The standard InChI is InChI=1S/C13H13NO2/c14-10-7-4-8-11(15)12(10)13(16)9-5-2-1-3-6-9/h1-3,5-6H,4,7-8,14H2. The summed E-state index contributed by atoms with van der Waals surface area (Å²) in [6.07, 6.45) is 1.81. The molecule has 1 aromatic carbocycles. The molecule has 2 N–H and O–H groups in total. The molecule has 0 saturated heterocycles. The summed E-state index contributed by atoms with van der Waals surface area (Å²) >= 11 is 0. The third kappa shape index (κ3) is 1.89. The Morgan fingerprint density at radius 2 is 1.81 bits per heavy atom. The molecule has 3 heteroatoms. The summed E-state index contributed by atoms with van der Waals surface area (Å²) in [5.74, 6) is -0.375. The first-order valence-electron chi connectivity index (χ1n) is 5.31. The maximum absolute atomic E-state index is 12.1. The minimum atomic E-state index is -0.247. The van der Waals surface area contributed by atoms with Crippen LogP contribution in [0.4, 0.5) is 0 Å². The number of hydrogen-bond acceptors (Lipinski definition) is 3. The summed E-state index contributed by atoms with van der Waals surface area (Å²) in [4.78, 5) is 23.7. The Balaban J connectivity index is 2.38. The number of benzene rings is 1. The van der Waals surface area contributed by atoms with E-state index >= 15 is 0 Å². The number of rotatable bonds is 2. The highest BCUT2D eigenvalue weighted by molar-refractivity contribution is 6.27. The van der Waals surface area contributed by atoms with Gasteiger partial charge in [-0.3, -0.25) is 9.59 Å². The average Bonchev–Trinajstić information content (AvgIpc) is 2.30. The van der Waals surface area contributed by atoms with Gasteiger partial charge in [0.2, 0.25) is 0 Å². The molecule has 1 aliphatic carbocycles. The van der Waals surface area contributed by atoms with Crippen molar-refractivity contribution in [2.24, 2.45) is 5.73 Å². The molecule has 2 rings (SSSR count). The van der Waals surface area contributed by atoms with Crippen molar-refractivity contribution in [3.05, 3.63) is 47.2 Å². The lowest BCUT2D eigenvalue weighted by molar-refractivity contribution is -0.115. The molecule has 0 amide bonds. The van der Waals surface area contributed by atoms with Crippen LogP contribution in [0.15, 0.2) is 41.6 Å². The Morgan fingerprint density at radius 3 is 2.44 bits per heavy atom. The molecule has 0 spiro atoms. The molecule has 3 nitrogen and oxygen atoms in total. The van der Waals surface area contributed by atoms with Gasteiger partial charge in [0.1, 0.15) is 0 Å². The van der Waals surface area contributed by atoms with Crippen LogP contribution in [0.5, 0.6) is 0 Å². The zero-order chi connectivity index (χ0) is 11.5. The summed E-state index contributed by atoms with van der Waals surface area (Å²) in [5.41, 5.74) is 6.90. The highest BCUT2D eigenvalue weighted by Gasteiger charge is 2.25. The predicted molar refractivity (Wildman–Crippen MR) is 60.8 cm³/mol. The van der Waals surface area contributed by atoms with Crippen molar-refractivity contribution >= 4 is 11.6 Å². The van der Waals surface area contributed by atoms with Crippen molar-refractivity contribution in [1.29, 1.82) is 0 Å². The van der Waals surface area contributed by atoms with Crippen molar-refractivity contribution in [2.45, 2.75) is 19.3 Å². The van der Waals surface area contributed by atoms with Crippen LogP contribution in [0.25, 0.3) is 0 Å². The number of ketones is 2. The van der Waals surface area contributed by atoms with Gasteiger partial charge < -0.3 is 5.73 Å². The third-order valence-electron chi connectivity index (χ3n) is 2.71. The SMILES string of the molecule is NC1=C(C(=O)c2ccccc2)C(=O)CCC1. The molecule has 0 heterocycles. The molecule has 0 atom stereocenters. The van der Waals surface area contributed by atoms with Gasteiger partial charge in [0.25, 0.3) is 0 Å². The van der Waals surface area contributed by atoms with E-state index in [9.17, 15) is 9.59 Å². The molecule has 0 unspecified atom stereocenters. The first kappa shape index (κ1) is 10.6. The summed E-state index contributed by atoms with van der Waals surface area (Å²) in [5, 5.41) is 0. The van der Waals surface area contributed by atoms with Gasteiger partial charge in [0.15, 0.2) is 11.6 Å². The Morgan fingerprint density at radius 1 is 1.12 bits per heavy atom. The quantitative estimate of drug-likeness (QED) is 0.604. The van der Waals surface area contributed by atoms with Gasteiger partial charge >= 0.3 is 0 Å². The number of allylic oxidation sites excluding steroid dienone is 2. The highest BCUT2D eigenvalue weighted by Crippen LogP contribution is 2.21. The Bertz CT molecular complexity index is 460. The third-order valence-corrected chi connectivity index (χ3v) is 2.71. The second kappa shape index (κ2) is 4.31. The van der Waals surface area contributed by atoms with E-state index < -0.39 is 0 Å². The largest absolute Gasteiger partial charge is 0.401 e. The van der Waals surface area contributed by atoms with E-state index in [1.807, 2.05) is 6.07 Å². The van der Waals surface area contributed by atoms with Crippen LogP contribution in [0, 0.1) is 0 Å². The molecule has 0 saturated carbocycles. The van der Waals surface area contributed by atoms with E-state index in [0.29, 0.717) is 24.1 Å². The zero-order valence-electron chi connectivity index (χ0n) is 8.90. The maximum Gasteiger partial charge on any atom is 0.198 e. The number of Topliss-reactive ketones (excluding diaryl/α,β-unsaturated/α-hetero) is 2. The summed E-state index contributed by atoms with van der Waals surface area (Å²) < 4.78 is 0. The zero-order valence-corrected chi connectivity index (χ0v) is 8.90. The summed E-state index contributed by atoms with van der Waals surface area (Å²) in [6.45, 7) is 0. The van der Waals surface area contributed by atoms with E-state index in [-0.39, 0.29) is 17.1 Å². The summed E-state index contributed by atoms with van der Waals surface area (Å²) in [7, 11) is 0. The lowest BCUT2D eigenvalue weighted by atomic mass is 9.90. The van der Waals surface area contributed by atoms with E-state index in [1.54, 1.807) is 24.3 Å². The fourth-order valence-corrected chi connectivity index (χ4v) is 1.87. The van der Waals surface area contributed by atoms with Crippen LogP contribution in [0.2, 0.25) is 0 Å². The van der Waals surface area contributed by atoms with Crippen LogP contribution in [0.3, 0.4) is 0 Å². The Hall–Kier alpha value is -1.90. The van der Waals surface area contributed by atoms with Crippen LogP contribution >= 0.6 is 0 Å². The van der Waals surface area contributed by atoms with E-state index in [4.69, 9.17) is 5.73 Å². The lowest BCUT2D eigenvalue weighted by Crippen LogP contribution is -2.22. The molecular formula is C13H13NO2. The smallest absolute Gasteiger partial charge is 0.198 e. The predicted octanol–water partition coefficient (Wildman–Crippen LogP) is 1.84. The molecule has 0 bridgehead atoms. The lowest BCUT2D eigenvalue weighted by Gasteiger charge is -2.15. The molecule has 0 fully saturated rings. The molecule has 82 valence electrons. The topological polar surface area (TPSA) is 60.2 Å². The van der Waals surface area contributed by atoms with Gasteiger partial charge in [0, 0.05) is 17.7 Å². The van der Waals surface area contributed by atoms with Gasteiger partial charge in [0.05, 0.1) is 5.57 Å². The molecule has 0 aromatic heterocycles. The van der Waals surface area contributed by atoms with Gasteiger partial charge in [-0.25, -0.2) is 0 Å². The highest BCUT2D eigenvalue weighted by atomic mass is 16.1. The molecular weight excluding hydrogens is 202 g/mol. The van der Waals surface area contributed by atoms with E-state index in [2.05, 4.69) is 0 Å². The minimum Gasteiger partial charge on any atom is -0.401 e. The molecule has 0 radical (unpaired) electrons. The normalized spacial score (nSPS) is 16.4. The molecule has 0 aliphatic heterocycles. The fourth-order valence-electron chi connectivity index (χ4n) is 1.87. The van der Waals surface area contributed by atoms with Crippen molar-refractivity contribution in [1.82, 2.24) is 0 Å². The molecule has 16 heavy (non-hydrogen) atoms. The maximum atomic E-state index is 12.1.